The van der Waals surface area contributed by atoms with Gasteiger partial charge in [0.2, 0.25) is 5.06 Å². The fourth-order valence-corrected chi connectivity index (χ4v) is 4.11. The number of carbonyl (C=O) groups is 2. The summed E-state index contributed by atoms with van der Waals surface area (Å²) in [6.07, 6.45) is -0.814. The van der Waals surface area contributed by atoms with E-state index in [0.29, 0.717) is 23.7 Å². The fraction of sp³-hybridized carbons (Fsp3) is 0.154. The lowest BCUT2D eigenvalue weighted by Gasteiger charge is -2.09. The minimum absolute atomic E-state index is 0.198. The Morgan fingerprint density at radius 2 is 1.58 bits per heavy atom. The maximum absolute atomic E-state index is 12.7. The lowest BCUT2D eigenvalue weighted by Crippen LogP contribution is -2.13. The van der Waals surface area contributed by atoms with Gasteiger partial charge in [-0.05, 0) is 48.9 Å². The predicted octanol–water partition coefficient (Wildman–Crippen LogP) is 6.28. The largest absolute Gasteiger partial charge is 0.514 e. The zero-order valence-electron chi connectivity index (χ0n) is 18.0. The molecule has 0 aliphatic carbocycles. The summed E-state index contributed by atoms with van der Waals surface area (Å²) in [5, 5.41) is 1.02. The average molecular weight is 463 g/mol. The molecule has 0 N–H and O–H groups in total. The van der Waals surface area contributed by atoms with E-state index in [-0.39, 0.29) is 24.1 Å². The number of ether oxygens (including phenoxy) is 4. The minimum atomic E-state index is -0.814. The van der Waals surface area contributed by atoms with Crippen molar-refractivity contribution in [3.8, 4) is 16.6 Å². The van der Waals surface area contributed by atoms with Crippen LogP contribution < -0.4 is 14.2 Å². The van der Waals surface area contributed by atoms with E-state index in [2.05, 4.69) is 0 Å². The molecule has 0 fully saturated rings. The van der Waals surface area contributed by atoms with Crippen molar-refractivity contribution < 1.29 is 28.5 Å². The van der Waals surface area contributed by atoms with Crippen LogP contribution in [-0.4, -0.2) is 25.2 Å². The number of benzene rings is 3. The third-order valence-corrected chi connectivity index (χ3v) is 5.76. The minimum Gasteiger partial charge on any atom is -0.489 e. The number of thiophene rings is 1. The number of Topliss-reactive ketones (excluding diaryl/α,β-unsaturated/α-hetero) is 1. The van der Waals surface area contributed by atoms with E-state index in [0.717, 1.165) is 15.6 Å². The molecule has 0 radical (unpaired) electrons. The number of hydrogen-bond acceptors (Lipinski definition) is 7. The molecule has 1 heterocycles. The zero-order chi connectivity index (χ0) is 23.0. The van der Waals surface area contributed by atoms with E-state index < -0.39 is 6.16 Å². The molecule has 0 amide bonds. The van der Waals surface area contributed by atoms with Gasteiger partial charge in [-0.2, -0.15) is 0 Å². The van der Waals surface area contributed by atoms with Crippen LogP contribution in [-0.2, 0) is 11.3 Å². The molecule has 0 aliphatic heterocycles. The summed E-state index contributed by atoms with van der Waals surface area (Å²) < 4.78 is 22.6. The van der Waals surface area contributed by atoms with Crippen LogP contribution in [0.25, 0.3) is 10.1 Å². The third kappa shape index (κ3) is 5.70. The fourth-order valence-electron chi connectivity index (χ4n) is 3.13. The Labute approximate surface area is 195 Å². The molecule has 1 aromatic heterocycles. The van der Waals surface area contributed by atoms with Crippen LogP contribution in [0.3, 0.4) is 0 Å². The van der Waals surface area contributed by atoms with Crippen molar-refractivity contribution in [1.82, 2.24) is 0 Å². The van der Waals surface area contributed by atoms with Gasteiger partial charge in [-0.3, -0.25) is 4.79 Å². The highest BCUT2D eigenvalue weighted by Crippen LogP contribution is 2.44. The van der Waals surface area contributed by atoms with Gasteiger partial charge in [0.25, 0.3) is 0 Å². The highest BCUT2D eigenvalue weighted by molar-refractivity contribution is 7.21. The van der Waals surface area contributed by atoms with Crippen molar-refractivity contribution >= 4 is 33.4 Å². The van der Waals surface area contributed by atoms with Crippen molar-refractivity contribution in [1.29, 1.82) is 0 Å². The van der Waals surface area contributed by atoms with Crippen LogP contribution in [0.15, 0.2) is 78.9 Å². The Kier molecular flexibility index (Phi) is 7.22. The summed E-state index contributed by atoms with van der Waals surface area (Å²) in [5.74, 6) is 0.812. The van der Waals surface area contributed by atoms with Gasteiger partial charge in [-0.25, -0.2) is 4.79 Å². The van der Waals surface area contributed by atoms with Gasteiger partial charge in [-0.1, -0.05) is 53.8 Å². The van der Waals surface area contributed by atoms with Gasteiger partial charge in [0, 0.05) is 15.6 Å². The summed E-state index contributed by atoms with van der Waals surface area (Å²) in [6.45, 7) is 2.14. The molecular formula is C26H22O6S. The predicted molar refractivity (Wildman–Crippen MR) is 127 cm³/mol. The van der Waals surface area contributed by atoms with Crippen LogP contribution in [0.2, 0.25) is 0 Å². The molecule has 4 rings (SSSR count). The molecule has 4 aromatic rings. The van der Waals surface area contributed by atoms with Gasteiger partial charge >= 0.3 is 6.16 Å². The summed E-state index contributed by atoms with van der Waals surface area (Å²) in [5.41, 5.74) is 1.56. The van der Waals surface area contributed by atoms with Crippen LogP contribution in [0.5, 0.6) is 16.6 Å². The van der Waals surface area contributed by atoms with Crippen LogP contribution in [0, 0.1) is 0 Å². The first-order chi connectivity index (χ1) is 16.1. The molecule has 0 atom stereocenters. The number of fused-ring (bicyclic) bond motifs is 1. The summed E-state index contributed by atoms with van der Waals surface area (Å²) in [4.78, 5) is 24.5. The van der Waals surface area contributed by atoms with Crippen LogP contribution in [0.4, 0.5) is 4.79 Å². The van der Waals surface area contributed by atoms with E-state index in [1.165, 1.54) is 11.3 Å². The van der Waals surface area contributed by atoms with Crippen molar-refractivity contribution in [3.05, 3.63) is 90.0 Å². The van der Waals surface area contributed by atoms with E-state index in [1.807, 2.05) is 54.6 Å². The molecule has 0 saturated heterocycles. The van der Waals surface area contributed by atoms with Gasteiger partial charge in [0.15, 0.2) is 18.1 Å². The monoisotopic (exact) mass is 462 g/mol. The maximum Gasteiger partial charge on any atom is 0.514 e. The number of ketones is 1. The Morgan fingerprint density at radius 3 is 2.33 bits per heavy atom. The standard InChI is InChI=1S/C26H22O6S/c1-2-29-26(28)32-25-24(21-10-6-7-11-23(21)33-25)31-17-22(27)19-12-14-20(15-13-19)30-16-18-8-4-3-5-9-18/h3-15H,2,16-17H2,1H3. The number of rotatable bonds is 9. The molecule has 0 saturated carbocycles. The van der Waals surface area contributed by atoms with Gasteiger partial charge in [-0.15, -0.1) is 0 Å². The molecule has 0 unspecified atom stereocenters. The Bertz CT molecular complexity index is 1230. The van der Waals surface area contributed by atoms with Gasteiger partial charge in [0.1, 0.15) is 12.4 Å². The first kappa shape index (κ1) is 22.4. The van der Waals surface area contributed by atoms with Crippen LogP contribution >= 0.6 is 11.3 Å². The lowest BCUT2D eigenvalue weighted by molar-refractivity contribution is 0.0916. The van der Waals surface area contributed by atoms with E-state index in [4.69, 9.17) is 18.9 Å². The maximum atomic E-state index is 12.7. The van der Waals surface area contributed by atoms with E-state index >= 15 is 0 Å². The highest BCUT2D eigenvalue weighted by atomic mass is 32.1. The van der Waals surface area contributed by atoms with Crippen molar-refractivity contribution in [2.24, 2.45) is 0 Å². The van der Waals surface area contributed by atoms with Crippen molar-refractivity contribution in [2.45, 2.75) is 13.5 Å². The quantitative estimate of drug-likeness (QED) is 0.215. The molecule has 6 nitrogen and oxygen atoms in total. The summed E-state index contributed by atoms with van der Waals surface area (Å²) in [7, 11) is 0. The average Bonchev–Trinajstić information content (AvgIpc) is 3.19. The topological polar surface area (TPSA) is 71.1 Å². The van der Waals surface area contributed by atoms with Crippen molar-refractivity contribution in [2.75, 3.05) is 13.2 Å². The Balaban J connectivity index is 1.41. The first-order valence-corrected chi connectivity index (χ1v) is 11.2. The Morgan fingerprint density at radius 1 is 0.848 bits per heavy atom. The molecule has 0 aliphatic rings. The normalized spacial score (nSPS) is 10.6. The van der Waals surface area contributed by atoms with E-state index in [9.17, 15) is 9.59 Å². The molecule has 168 valence electrons. The van der Waals surface area contributed by atoms with Gasteiger partial charge in [0.05, 0.1) is 6.61 Å². The second-order valence-electron chi connectivity index (χ2n) is 7.01. The van der Waals surface area contributed by atoms with Gasteiger partial charge < -0.3 is 18.9 Å². The third-order valence-electron chi connectivity index (χ3n) is 4.73. The molecular weight excluding hydrogens is 440 g/mol. The molecule has 33 heavy (non-hydrogen) atoms. The second kappa shape index (κ2) is 10.7. The summed E-state index contributed by atoms with van der Waals surface area (Å²) >= 11 is 1.26. The Hall–Kier alpha value is -3.84. The highest BCUT2D eigenvalue weighted by Gasteiger charge is 2.20. The number of carbonyl (C=O) groups excluding carboxylic acids is 2. The smallest absolute Gasteiger partial charge is 0.489 e. The lowest BCUT2D eigenvalue weighted by atomic mass is 10.1. The summed E-state index contributed by atoms with van der Waals surface area (Å²) in [6, 6.07) is 24.2. The second-order valence-corrected chi connectivity index (χ2v) is 8.03. The zero-order valence-corrected chi connectivity index (χ0v) is 18.8. The molecule has 7 heteroatoms. The van der Waals surface area contributed by atoms with E-state index in [1.54, 1.807) is 31.2 Å². The van der Waals surface area contributed by atoms with Crippen molar-refractivity contribution in [3.63, 3.8) is 0 Å². The SMILES string of the molecule is CCOC(=O)Oc1sc2ccccc2c1OCC(=O)c1ccc(OCc2ccccc2)cc1. The molecule has 0 bridgehead atoms. The first-order valence-electron chi connectivity index (χ1n) is 10.4. The number of hydrogen-bond donors (Lipinski definition) is 0. The molecule has 3 aromatic carbocycles. The van der Waals surface area contributed by atoms with Crippen LogP contribution in [0.1, 0.15) is 22.8 Å². The molecule has 0 spiro atoms.